The Kier molecular flexibility index (Phi) is 3.23. The van der Waals surface area contributed by atoms with Gasteiger partial charge in [0, 0.05) is 18.7 Å². The van der Waals surface area contributed by atoms with Gasteiger partial charge in [-0.15, -0.1) is 0 Å². The van der Waals surface area contributed by atoms with Crippen molar-refractivity contribution < 1.29 is 14.7 Å². The van der Waals surface area contributed by atoms with Crippen LogP contribution in [0.1, 0.15) is 12.0 Å². The third kappa shape index (κ3) is 2.72. The molecule has 1 heterocycles. The molecular weight excluding hydrogens is 218 g/mol. The summed E-state index contributed by atoms with van der Waals surface area (Å²) in [5, 5.41) is 8.66. The fraction of sp³-hybridized carbons (Fsp3) is 0.231. The standard InChI is InChI=1S/C13H13NO3/c15-12(16)8-11-6-7-14(13(11)17)9-10-4-2-1-3-5-10/h1-6H,7-9H2,(H,15,16). The van der Waals surface area contributed by atoms with Crippen LogP contribution in [0, 0.1) is 0 Å². The maximum atomic E-state index is 11.8. The van der Waals surface area contributed by atoms with Crippen LogP contribution in [0.4, 0.5) is 0 Å². The second-order valence-electron chi connectivity index (χ2n) is 3.97. The van der Waals surface area contributed by atoms with Gasteiger partial charge in [0.2, 0.25) is 0 Å². The van der Waals surface area contributed by atoms with Gasteiger partial charge in [-0.3, -0.25) is 9.59 Å². The summed E-state index contributed by atoms with van der Waals surface area (Å²) in [7, 11) is 0. The van der Waals surface area contributed by atoms with E-state index >= 15 is 0 Å². The van der Waals surface area contributed by atoms with E-state index in [1.807, 2.05) is 30.3 Å². The highest BCUT2D eigenvalue weighted by Gasteiger charge is 2.24. The van der Waals surface area contributed by atoms with Gasteiger partial charge in [0.15, 0.2) is 0 Å². The lowest BCUT2D eigenvalue weighted by atomic mass is 10.2. The molecule has 0 aromatic heterocycles. The number of amides is 1. The fourth-order valence-corrected chi connectivity index (χ4v) is 1.84. The van der Waals surface area contributed by atoms with E-state index in [1.165, 1.54) is 0 Å². The maximum absolute atomic E-state index is 11.8. The summed E-state index contributed by atoms with van der Waals surface area (Å²) in [6.07, 6.45) is 1.50. The number of carbonyl (C=O) groups excluding carboxylic acids is 1. The van der Waals surface area contributed by atoms with Crippen molar-refractivity contribution >= 4 is 11.9 Å². The lowest BCUT2D eigenvalue weighted by Crippen LogP contribution is -2.26. The van der Waals surface area contributed by atoms with Gasteiger partial charge >= 0.3 is 5.97 Å². The summed E-state index contributed by atoms with van der Waals surface area (Å²) < 4.78 is 0. The zero-order valence-corrected chi connectivity index (χ0v) is 9.30. The first-order valence-electron chi connectivity index (χ1n) is 5.41. The van der Waals surface area contributed by atoms with Gasteiger partial charge in [-0.1, -0.05) is 36.4 Å². The van der Waals surface area contributed by atoms with Crippen LogP contribution < -0.4 is 0 Å². The first kappa shape index (κ1) is 11.4. The molecule has 1 aromatic carbocycles. The summed E-state index contributed by atoms with van der Waals surface area (Å²) in [6, 6.07) is 9.65. The average Bonchev–Trinajstić information content (AvgIpc) is 2.62. The summed E-state index contributed by atoms with van der Waals surface area (Å²) in [4.78, 5) is 24.0. The van der Waals surface area contributed by atoms with E-state index in [0.29, 0.717) is 18.7 Å². The van der Waals surface area contributed by atoms with Crippen molar-refractivity contribution in [1.82, 2.24) is 4.90 Å². The third-order valence-corrected chi connectivity index (χ3v) is 2.68. The van der Waals surface area contributed by atoms with Crippen LogP contribution in [-0.4, -0.2) is 28.4 Å². The molecule has 1 aromatic rings. The van der Waals surface area contributed by atoms with E-state index in [2.05, 4.69) is 0 Å². The number of benzene rings is 1. The van der Waals surface area contributed by atoms with E-state index in [4.69, 9.17) is 5.11 Å². The summed E-state index contributed by atoms with van der Waals surface area (Å²) in [5.41, 5.74) is 1.43. The first-order chi connectivity index (χ1) is 8.16. The molecule has 0 spiro atoms. The van der Waals surface area contributed by atoms with Gasteiger partial charge < -0.3 is 10.0 Å². The van der Waals surface area contributed by atoms with Crippen molar-refractivity contribution in [2.45, 2.75) is 13.0 Å². The van der Waals surface area contributed by atoms with Gasteiger partial charge in [-0.2, -0.15) is 0 Å². The second kappa shape index (κ2) is 4.82. The Morgan fingerprint density at radius 2 is 2.00 bits per heavy atom. The average molecular weight is 231 g/mol. The molecule has 0 fully saturated rings. The van der Waals surface area contributed by atoms with E-state index in [9.17, 15) is 9.59 Å². The number of carboxylic acids is 1. The zero-order valence-electron chi connectivity index (χ0n) is 9.30. The minimum atomic E-state index is -0.967. The van der Waals surface area contributed by atoms with E-state index in [-0.39, 0.29) is 12.3 Å². The van der Waals surface area contributed by atoms with Crippen LogP contribution in [0.5, 0.6) is 0 Å². The molecule has 17 heavy (non-hydrogen) atoms. The first-order valence-corrected chi connectivity index (χ1v) is 5.41. The molecule has 0 unspecified atom stereocenters. The fourth-order valence-electron chi connectivity index (χ4n) is 1.84. The van der Waals surface area contributed by atoms with Gasteiger partial charge in [-0.05, 0) is 5.56 Å². The number of rotatable bonds is 4. The minimum Gasteiger partial charge on any atom is -0.481 e. The van der Waals surface area contributed by atoms with Crippen LogP contribution in [0.25, 0.3) is 0 Å². The van der Waals surface area contributed by atoms with Gasteiger partial charge in [0.1, 0.15) is 0 Å². The van der Waals surface area contributed by atoms with E-state index < -0.39 is 5.97 Å². The minimum absolute atomic E-state index is 0.170. The largest absolute Gasteiger partial charge is 0.481 e. The highest BCUT2D eigenvalue weighted by atomic mass is 16.4. The molecule has 88 valence electrons. The second-order valence-corrected chi connectivity index (χ2v) is 3.97. The molecular formula is C13H13NO3. The Morgan fingerprint density at radius 1 is 1.29 bits per heavy atom. The predicted molar refractivity (Wildman–Crippen MR) is 62.2 cm³/mol. The van der Waals surface area contributed by atoms with Crippen LogP contribution in [0.2, 0.25) is 0 Å². The number of hydrogen-bond acceptors (Lipinski definition) is 2. The zero-order chi connectivity index (χ0) is 12.3. The van der Waals surface area contributed by atoms with Crippen LogP contribution in [0.3, 0.4) is 0 Å². The maximum Gasteiger partial charge on any atom is 0.308 e. The smallest absolute Gasteiger partial charge is 0.308 e. The van der Waals surface area contributed by atoms with Crippen LogP contribution in [0.15, 0.2) is 42.0 Å². The van der Waals surface area contributed by atoms with E-state index in [0.717, 1.165) is 5.56 Å². The molecule has 2 rings (SSSR count). The Morgan fingerprint density at radius 3 is 2.65 bits per heavy atom. The molecule has 1 aliphatic heterocycles. The van der Waals surface area contributed by atoms with Crippen molar-refractivity contribution in [3.63, 3.8) is 0 Å². The Labute approximate surface area is 99.2 Å². The third-order valence-electron chi connectivity index (χ3n) is 2.68. The molecule has 0 aliphatic carbocycles. The summed E-state index contributed by atoms with van der Waals surface area (Å²) in [6.45, 7) is 1.02. The molecule has 4 nitrogen and oxygen atoms in total. The van der Waals surface area contributed by atoms with Crippen LogP contribution in [-0.2, 0) is 16.1 Å². The number of hydrogen-bond donors (Lipinski definition) is 1. The quantitative estimate of drug-likeness (QED) is 0.852. The molecule has 0 bridgehead atoms. The summed E-state index contributed by atoms with van der Waals surface area (Å²) >= 11 is 0. The molecule has 0 saturated heterocycles. The molecule has 0 radical (unpaired) electrons. The van der Waals surface area contributed by atoms with Crippen molar-refractivity contribution in [1.29, 1.82) is 0 Å². The van der Waals surface area contributed by atoms with Gasteiger partial charge in [-0.25, -0.2) is 0 Å². The molecule has 1 amide bonds. The van der Waals surface area contributed by atoms with E-state index in [1.54, 1.807) is 11.0 Å². The number of carbonyl (C=O) groups is 2. The molecule has 4 heteroatoms. The molecule has 0 saturated carbocycles. The Bertz CT molecular complexity index is 465. The van der Waals surface area contributed by atoms with Crippen molar-refractivity contribution in [2.75, 3.05) is 6.54 Å². The number of nitrogens with zero attached hydrogens (tertiary/aromatic N) is 1. The topological polar surface area (TPSA) is 57.6 Å². The van der Waals surface area contributed by atoms with Gasteiger partial charge in [0.25, 0.3) is 5.91 Å². The number of aliphatic carboxylic acids is 1. The van der Waals surface area contributed by atoms with Crippen molar-refractivity contribution in [2.24, 2.45) is 0 Å². The molecule has 1 N–H and O–H groups in total. The lowest BCUT2D eigenvalue weighted by Gasteiger charge is -2.16. The monoisotopic (exact) mass is 231 g/mol. The predicted octanol–water partition coefficient (Wildman–Crippen LogP) is 1.43. The molecule has 1 aliphatic rings. The summed E-state index contributed by atoms with van der Waals surface area (Å²) in [5.74, 6) is -1.14. The molecule has 0 atom stereocenters. The van der Waals surface area contributed by atoms with Crippen LogP contribution >= 0.6 is 0 Å². The Hall–Kier alpha value is -2.10. The highest BCUT2D eigenvalue weighted by molar-refractivity contribution is 5.99. The Balaban J connectivity index is 1.99. The highest BCUT2D eigenvalue weighted by Crippen LogP contribution is 2.17. The SMILES string of the molecule is O=C(O)CC1=CCN(Cc2ccccc2)C1=O. The van der Waals surface area contributed by atoms with Crippen molar-refractivity contribution in [3.8, 4) is 0 Å². The normalized spacial score (nSPS) is 14.9. The van der Waals surface area contributed by atoms with Crippen molar-refractivity contribution in [3.05, 3.63) is 47.5 Å². The number of carboxylic acid groups (broad SMARTS) is 1. The lowest BCUT2D eigenvalue weighted by molar-refractivity contribution is -0.137. The van der Waals surface area contributed by atoms with Gasteiger partial charge in [0.05, 0.1) is 6.42 Å².